The Hall–Kier alpha value is -2.36. The third kappa shape index (κ3) is 2.61. The second-order valence-electron chi connectivity index (χ2n) is 5.31. The highest BCUT2D eigenvalue weighted by atomic mass is 16.2. The summed E-state index contributed by atoms with van der Waals surface area (Å²) in [6, 6.07) is 11.6. The summed E-state index contributed by atoms with van der Waals surface area (Å²) in [7, 11) is 0. The van der Waals surface area contributed by atoms with Gasteiger partial charge in [-0.1, -0.05) is 25.1 Å². The summed E-state index contributed by atoms with van der Waals surface area (Å²) < 4.78 is 0. The van der Waals surface area contributed by atoms with Gasteiger partial charge in [0, 0.05) is 23.5 Å². The Morgan fingerprint density at radius 1 is 1.33 bits per heavy atom. The minimum absolute atomic E-state index is 0.00551. The van der Waals surface area contributed by atoms with E-state index in [4.69, 9.17) is 5.73 Å². The van der Waals surface area contributed by atoms with Crippen molar-refractivity contribution < 1.29 is 4.79 Å². The standard InChI is InChI=1S/C17H19N3O/c1-2-14-10-13(11-16(18)19-14)17(21)20-9-5-7-12-6-3-4-8-15(12)20/h3-4,6,8,10-11H,2,5,7,9H2,1H3,(H2,18,19). The minimum atomic E-state index is 0.00551. The van der Waals surface area contributed by atoms with Gasteiger partial charge in [0.25, 0.3) is 5.91 Å². The number of fused-ring (bicyclic) bond motifs is 1. The maximum atomic E-state index is 12.8. The van der Waals surface area contributed by atoms with Crippen molar-refractivity contribution in [1.82, 2.24) is 4.98 Å². The van der Waals surface area contributed by atoms with E-state index in [-0.39, 0.29) is 5.91 Å². The molecule has 1 aliphatic heterocycles. The maximum absolute atomic E-state index is 12.8. The van der Waals surface area contributed by atoms with Crippen molar-refractivity contribution in [2.75, 3.05) is 17.2 Å². The number of rotatable bonds is 2. The molecular weight excluding hydrogens is 262 g/mol. The van der Waals surface area contributed by atoms with Crippen molar-refractivity contribution in [2.45, 2.75) is 26.2 Å². The van der Waals surface area contributed by atoms with Crippen LogP contribution in [0.3, 0.4) is 0 Å². The van der Waals surface area contributed by atoms with Crippen LogP contribution in [0.1, 0.15) is 35.0 Å². The molecule has 0 fully saturated rings. The van der Waals surface area contributed by atoms with Crippen LogP contribution in [0, 0.1) is 0 Å². The fraction of sp³-hybridized carbons (Fsp3) is 0.294. The zero-order valence-electron chi connectivity index (χ0n) is 12.2. The first-order valence-corrected chi connectivity index (χ1v) is 7.35. The molecule has 4 heteroatoms. The predicted octanol–water partition coefficient (Wildman–Crippen LogP) is 2.82. The summed E-state index contributed by atoms with van der Waals surface area (Å²) in [5, 5.41) is 0. The van der Waals surface area contributed by atoms with E-state index in [1.807, 2.05) is 36.1 Å². The Morgan fingerprint density at radius 2 is 2.14 bits per heavy atom. The van der Waals surface area contributed by atoms with Gasteiger partial charge >= 0.3 is 0 Å². The number of nitrogen functional groups attached to an aromatic ring is 1. The number of hydrogen-bond donors (Lipinski definition) is 1. The number of aromatic nitrogens is 1. The molecule has 108 valence electrons. The van der Waals surface area contributed by atoms with Gasteiger partial charge in [-0.15, -0.1) is 0 Å². The Kier molecular flexibility index (Phi) is 3.60. The molecule has 0 saturated carbocycles. The lowest BCUT2D eigenvalue weighted by Crippen LogP contribution is -2.35. The van der Waals surface area contributed by atoms with Crippen molar-refractivity contribution in [1.29, 1.82) is 0 Å². The summed E-state index contributed by atoms with van der Waals surface area (Å²) in [5.74, 6) is 0.411. The molecule has 0 radical (unpaired) electrons. The fourth-order valence-corrected chi connectivity index (χ4v) is 2.82. The van der Waals surface area contributed by atoms with Gasteiger partial charge in [-0.05, 0) is 43.0 Å². The van der Waals surface area contributed by atoms with Crippen LogP contribution in [0.2, 0.25) is 0 Å². The largest absolute Gasteiger partial charge is 0.384 e. The summed E-state index contributed by atoms with van der Waals surface area (Å²) in [6.45, 7) is 2.76. The molecule has 0 unspecified atom stereocenters. The second-order valence-corrected chi connectivity index (χ2v) is 5.31. The average molecular weight is 281 g/mol. The van der Waals surface area contributed by atoms with Crippen molar-refractivity contribution in [2.24, 2.45) is 0 Å². The quantitative estimate of drug-likeness (QED) is 0.920. The molecule has 2 N–H and O–H groups in total. The van der Waals surface area contributed by atoms with Crippen LogP contribution in [-0.4, -0.2) is 17.4 Å². The first-order valence-electron chi connectivity index (χ1n) is 7.35. The van der Waals surface area contributed by atoms with Crippen molar-refractivity contribution in [3.05, 3.63) is 53.2 Å². The molecule has 4 nitrogen and oxygen atoms in total. The van der Waals surface area contributed by atoms with Gasteiger partial charge in [-0.25, -0.2) is 4.98 Å². The monoisotopic (exact) mass is 281 g/mol. The lowest BCUT2D eigenvalue weighted by Gasteiger charge is -2.29. The van der Waals surface area contributed by atoms with Gasteiger partial charge in [-0.2, -0.15) is 0 Å². The molecule has 1 aromatic carbocycles. The van der Waals surface area contributed by atoms with Gasteiger partial charge in [0.1, 0.15) is 5.82 Å². The maximum Gasteiger partial charge on any atom is 0.258 e. The Morgan fingerprint density at radius 3 is 2.95 bits per heavy atom. The van der Waals surface area contributed by atoms with Crippen molar-refractivity contribution >= 4 is 17.4 Å². The highest BCUT2D eigenvalue weighted by molar-refractivity contribution is 6.07. The smallest absolute Gasteiger partial charge is 0.258 e. The van der Waals surface area contributed by atoms with Crippen LogP contribution in [0.25, 0.3) is 0 Å². The lowest BCUT2D eigenvalue weighted by molar-refractivity contribution is 0.0985. The zero-order valence-corrected chi connectivity index (χ0v) is 12.2. The number of nitrogens with zero attached hydrogens (tertiary/aromatic N) is 2. The number of carbonyl (C=O) groups is 1. The average Bonchev–Trinajstić information content (AvgIpc) is 2.53. The van der Waals surface area contributed by atoms with Crippen LogP contribution in [0.5, 0.6) is 0 Å². The lowest BCUT2D eigenvalue weighted by atomic mass is 10.0. The summed E-state index contributed by atoms with van der Waals surface area (Å²) in [4.78, 5) is 18.9. The van der Waals surface area contributed by atoms with E-state index in [0.717, 1.165) is 37.2 Å². The molecule has 2 heterocycles. The molecule has 1 aliphatic rings. The fourth-order valence-electron chi connectivity index (χ4n) is 2.82. The number of pyridine rings is 1. The SMILES string of the molecule is CCc1cc(C(=O)N2CCCc3ccccc32)cc(N)n1. The molecule has 21 heavy (non-hydrogen) atoms. The van der Waals surface area contributed by atoms with Crippen LogP contribution >= 0.6 is 0 Å². The predicted molar refractivity (Wildman–Crippen MR) is 84.5 cm³/mol. The molecule has 0 atom stereocenters. The topological polar surface area (TPSA) is 59.2 Å². The molecule has 0 aliphatic carbocycles. The van der Waals surface area contributed by atoms with Gasteiger partial charge < -0.3 is 10.6 Å². The van der Waals surface area contributed by atoms with E-state index in [0.29, 0.717) is 11.4 Å². The minimum Gasteiger partial charge on any atom is -0.384 e. The molecule has 3 rings (SSSR count). The Balaban J connectivity index is 1.98. The first-order chi connectivity index (χ1) is 10.2. The van der Waals surface area contributed by atoms with E-state index >= 15 is 0 Å². The molecule has 1 amide bonds. The molecule has 0 bridgehead atoms. The number of amides is 1. The van der Waals surface area contributed by atoms with E-state index < -0.39 is 0 Å². The molecular formula is C17H19N3O. The third-order valence-electron chi connectivity index (χ3n) is 3.86. The van der Waals surface area contributed by atoms with Gasteiger partial charge in [-0.3, -0.25) is 4.79 Å². The number of para-hydroxylation sites is 1. The third-order valence-corrected chi connectivity index (χ3v) is 3.86. The van der Waals surface area contributed by atoms with Crippen LogP contribution in [0.15, 0.2) is 36.4 Å². The number of carbonyl (C=O) groups excluding carboxylic acids is 1. The molecule has 2 aromatic rings. The summed E-state index contributed by atoms with van der Waals surface area (Å²) in [5.41, 5.74) is 9.53. The number of hydrogen-bond acceptors (Lipinski definition) is 3. The van der Waals surface area contributed by atoms with Gasteiger partial charge in [0.05, 0.1) is 0 Å². The van der Waals surface area contributed by atoms with E-state index in [2.05, 4.69) is 11.1 Å². The molecule has 0 saturated heterocycles. The van der Waals surface area contributed by atoms with Crippen molar-refractivity contribution in [3.8, 4) is 0 Å². The second kappa shape index (κ2) is 5.56. The van der Waals surface area contributed by atoms with E-state index in [1.165, 1.54) is 5.56 Å². The number of nitrogens with two attached hydrogens (primary N) is 1. The van der Waals surface area contributed by atoms with E-state index in [1.54, 1.807) is 6.07 Å². The Bertz CT molecular complexity index is 681. The first kappa shape index (κ1) is 13.6. The van der Waals surface area contributed by atoms with Crippen LogP contribution in [-0.2, 0) is 12.8 Å². The van der Waals surface area contributed by atoms with Crippen LogP contribution in [0.4, 0.5) is 11.5 Å². The molecule has 0 spiro atoms. The highest BCUT2D eigenvalue weighted by Gasteiger charge is 2.23. The number of aryl methyl sites for hydroxylation is 2. The number of anilines is 2. The van der Waals surface area contributed by atoms with Gasteiger partial charge in [0.2, 0.25) is 0 Å². The summed E-state index contributed by atoms with van der Waals surface area (Å²) in [6.07, 6.45) is 2.78. The van der Waals surface area contributed by atoms with E-state index in [9.17, 15) is 4.79 Å². The zero-order chi connectivity index (χ0) is 14.8. The Labute approximate surface area is 124 Å². The molecule has 1 aromatic heterocycles. The van der Waals surface area contributed by atoms with Crippen molar-refractivity contribution in [3.63, 3.8) is 0 Å². The van der Waals surface area contributed by atoms with Crippen LogP contribution < -0.4 is 10.6 Å². The highest BCUT2D eigenvalue weighted by Crippen LogP contribution is 2.28. The summed E-state index contributed by atoms with van der Waals surface area (Å²) >= 11 is 0. The van der Waals surface area contributed by atoms with Gasteiger partial charge in [0.15, 0.2) is 0 Å². The number of benzene rings is 1. The normalized spacial score (nSPS) is 13.9.